The molecule has 2 aromatic carbocycles. The van der Waals surface area contributed by atoms with Crippen molar-refractivity contribution in [1.82, 2.24) is 15.5 Å². The molecule has 0 fully saturated rings. The minimum Gasteiger partial charge on any atom is -0.486 e. The third-order valence-electron chi connectivity index (χ3n) is 4.21. The molecule has 0 saturated carbocycles. The Morgan fingerprint density at radius 2 is 1.97 bits per heavy atom. The van der Waals surface area contributed by atoms with E-state index in [4.69, 9.17) is 9.47 Å². The van der Waals surface area contributed by atoms with Gasteiger partial charge in [-0.05, 0) is 30.7 Å². The van der Waals surface area contributed by atoms with Crippen molar-refractivity contribution in [3.8, 4) is 11.5 Å². The van der Waals surface area contributed by atoms with Crippen LogP contribution in [0, 0.1) is 6.92 Å². The third kappa shape index (κ3) is 5.18. The van der Waals surface area contributed by atoms with Crippen molar-refractivity contribution in [3.05, 3.63) is 54.1 Å². The van der Waals surface area contributed by atoms with Gasteiger partial charge in [-0.1, -0.05) is 53.4 Å². The zero-order valence-corrected chi connectivity index (χ0v) is 17.4. The highest BCUT2D eigenvalue weighted by atomic mass is 32.2. The lowest BCUT2D eigenvalue weighted by Gasteiger charge is -2.26. The first-order chi connectivity index (χ1) is 14.2. The van der Waals surface area contributed by atoms with E-state index >= 15 is 0 Å². The summed E-state index contributed by atoms with van der Waals surface area (Å²) in [4.78, 5) is 12.2. The first-order valence-corrected chi connectivity index (χ1v) is 10.9. The number of ether oxygens (including phenoxy) is 2. The number of fused-ring (bicyclic) bond motifs is 1. The van der Waals surface area contributed by atoms with Crippen LogP contribution in [0.4, 0.5) is 10.8 Å². The molecule has 4 rings (SSSR count). The van der Waals surface area contributed by atoms with Gasteiger partial charge in [0.2, 0.25) is 11.0 Å². The maximum atomic E-state index is 12.2. The molecule has 29 heavy (non-hydrogen) atoms. The first-order valence-electron chi connectivity index (χ1n) is 9.11. The van der Waals surface area contributed by atoms with Crippen molar-refractivity contribution in [2.45, 2.75) is 17.4 Å². The largest absolute Gasteiger partial charge is 0.486 e. The summed E-state index contributed by atoms with van der Waals surface area (Å²) in [5.74, 6) is 1.62. The first kappa shape index (κ1) is 19.5. The molecular formula is C20H20N4O3S2. The summed E-state index contributed by atoms with van der Waals surface area (Å²) < 4.78 is 12.2. The molecule has 0 saturated heterocycles. The number of nitrogens with zero attached hydrogens (tertiary/aromatic N) is 2. The van der Waals surface area contributed by atoms with Crippen LogP contribution >= 0.6 is 23.1 Å². The summed E-state index contributed by atoms with van der Waals surface area (Å²) in [6.07, 6.45) is -0.203. The quantitative estimate of drug-likeness (QED) is 0.556. The molecule has 2 N–H and O–H groups in total. The lowest BCUT2D eigenvalue weighted by atomic mass is 10.2. The van der Waals surface area contributed by atoms with Crippen LogP contribution in [0.3, 0.4) is 0 Å². The molecule has 1 aliphatic heterocycles. The fraction of sp³-hybridized carbons (Fsp3) is 0.250. The zero-order chi connectivity index (χ0) is 20.1. The Hall–Kier alpha value is -2.78. The topological polar surface area (TPSA) is 85.4 Å². The van der Waals surface area contributed by atoms with Crippen molar-refractivity contribution < 1.29 is 14.3 Å². The predicted octanol–water partition coefficient (Wildman–Crippen LogP) is 3.64. The number of thioether (sulfide) groups is 1. The van der Waals surface area contributed by atoms with Crippen LogP contribution in [0.15, 0.2) is 52.9 Å². The molecule has 7 nitrogen and oxygen atoms in total. The number of amides is 1. The number of carbonyl (C=O) groups excluding carboxylic acids is 1. The number of hydrogen-bond acceptors (Lipinski definition) is 8. The molecule has 0 aliphatic carbocycles. The number of hydrogen-bond donors (Lipinski definition) is 2. The number of nitrogens with one attached hydrogen (secondary N) is 2. The van der Waals surface area contributed by atoms with E-state index in [1.54, 1.807) is 0 Å². The van der Waals surface area contributed by atoms with Crippen LogP contribution in [-0.4, -0.2) is 41.1 Å². The van der Waals surface area contributed by atoms with Gasteiger partial charge in [0.15, 0.2) is 15.8 Å². The average Bonchev–Trinajstić information content (AvgIpc) is 3.19. The molecule has 1 atom stereocenters. The summed E-state index contributed by atoms with van der Waals surface area (Å²) >= 11 is 2.78. The van der Waals surface area contributed by atoms with Crippen LogP contribution < -0.4 is 20.1 Å². The van der Waals surface area contributed by atoms with Crippen molar-refractivity contribution in [1.29, 1.82) is 0 Å². The van der Waals surface area contributed by atoms with Gasteiger partial charge in [0, 0.05) is 5.69 Å². The Kier molecular flexibility index (Phi) is 6.16. The van der Waals surface area contributed by atoms with Gasteiger partial charge in [-0.3, -0.25) is 4.79 Å². The summed E-state index contributed by atoms with van der Waals surface area (Å²) in [6.45, 7) is 2.84. The highest BCUT2D eigenvalue weighted by molar-refractivity contribution is 8.01. The molecule has 0 spiro atoms. The second-order valence-electron chi connectivity index (χ2n) is 6.40. The second-order valence-corrected chi connectivity index (χ2v) is 8.60. The maximum absolute atomic E-state index is 12.2. The van der Waals surface area contributed by atoms with Crippen LogP contribution in [0.25, 0.3) is 0 Å². The normalized spacial score (nSPS) is 15.0. The minimum absolute atomic E-state index is 0.0823. The monoisotopic (exact) mass is 428 g/mol. The molecule has 2 heterocycles. The van der Waals surface area contributed by atoms with Gasteiger partial charge in [0.25, 0.3) is 0 Å². The minimum atomic E-state index is -0.203. The van der Waals surface area contributed by atoms with Crippen molar-refractivity contribution >= 4 is 39.8 Å². The molecule has 150 valence electrons. The molecule has 1 unspecified atom stereocenters. The van der Waals surface area contributed by atoms with E-state index < -0.39 is 0 Å². The van der Waals surface area contributed by atoms with Gasteiger partial charge < -0.3 is 20.1 Å². The Bertz CT molecular complexity index is 995. The second kappa shape index (κ2) is 9.15. The molecular weight excluding hydrogens is 408 g/mol. The number of anilines is 2. The standard InChI is InChI=1S/C20H20N4O3S2/c1-13-6-2-3-7-15(13)22-19-23-24-20(29-19)28-12-18(25)21-10-14-11-26-16-8-4-5-9-17(16)27-14/h2-9,14H,10-12H2,1H3,(H,21,25)(H,22,23). The average molecular weight is 429 g/mol. The molecule has 1 aromatic heterocycles. The number of rotatable bonds is 7. The lowest BCUT2D eigenvalue weighted by Crippen LogP contribution is -2.41. The molecule has 3 aromatic rings. The smallest absolute Gasteiger partial charge is 0.230 e. The SMILES string of the molecule is Cc1ccccc1Nc1nnc(SCC(=O)NCC2COc3ccccc3O2)s1. The van der Waals surface area contributed by atoms with Gasteiger partial charge >= 0.3 is 0 Å². The fourth-order valence-corrected chi connectivity index (χ4v) is 4.31. The van der Waals surface area contributed by atoms with E-state index in [1.165, 1.54) is 23.1 Å². The molecule has 1 aliphatic rings. The van der Waals surface area contributed by atoms with E-state index in [0.29, 0.717) is 24.0 Å². The number of aromatic nitrogens is 2. The van der Waals surface area contributed by atoms with E-state index in [0.717, 1.165) is 21.3 Å². The highest BCUT2D eigenvalue weighted by Crippen LogP contribution is 2.31. The Morgan fingerprint density at radius 1 is 1.17 bits per heavy atom. The summed E-state index contributed by atoms with van der Waals surface area (Å²) in [5, 5.41) is 15.1. The summed E-state index contributed by atoms with van der Waals surface area (Å²) in [6, 6.07) is 15.5. The molecule has 0 radical (unpaired) electrons. The molecule has 9 heteroatoms. The Morgan fingerprint density at radius 3 is 2.83 bits per heavy atom. The van der Waals surface area contributed by atoms with Gasteiger partial charge in [-0.2, -0.15) is 0 Å². The summed E-state index contributed by atoms with van der Waals surface area (Å²) in [5.41, 5.74) is 2.13. The van der Waals surface area contributed by atoms with Gasteiger partial charge in [0.1, 0.15) is 12.7 Å². The molecule has 1 amide bonds. The lowest BCUT2D eigenvalue weighted by molar-refractivity contribution is -0.119. The maximum Gasteiger partial charge on any atom is 0.230 e. The number of benzene rings is 2. The van der Waals surface area contributed by atoms with E-state index in [-0.39, 0.29) is 17.8 Å². The van der Waals surface area contributed by atoms with Crippen molar-refractivity contribution in [3.63, 3.8) is 0 Å². The van der Waals surface area contributed by atoms with Crippen LogP contribution in [0.5, 0.6) is 11.5 Å². The van der Waals surface area contributed by atoms with Gasteiger partial charge in [-0.15, -0.1) is 10.2 Å². The van der Waals surface area contributed by atoms with Crippen molar-refractivity contribution in [2.24, 2.45) is 0 Å². The van der Waals surface area contributed by atoms with E-state index in [1.807, 2.05) is 55.5 Å². The zero-order valence-electron chi connectivity index (χ0n) is 15.8. The van der Waals surface area contributed by atoms with Gasteiger partial charge in [-0.25, -0.2) is 0 Å². The Balaban J connectivity index is 1.21. The van der Waals surface area contributed by atoms with Crippen LogP contribution in [0.2, 0.25) is 0 Å². The predicted molar refractivity (Wildman–Crippen MR) is 114 cm³/mol. The third-order valence-corrected chi connectivity index (χ3v) is 6.19. The van der Waals surface area contributed by atoms with E-state index in [2.05, 4.69) is 20.8 Å². The molecule has 0 bridgehead atoms. The number of para-hydroxylation sites is 3. The van der Waals surface area contributed by atoms with Gasteiger partial charge in [0.05, 0.1) is 12.3 Å². The van der Waals surface area contributed by atoms with Crippen molar-refractivity contribution in [2.75, 3.05) is 24.2 Å². The van der Waals surface area contributed by atoms with Crippen LogP contribution in [0.1, 0.15) is 5.56 Å². The Labute approximate surface area is 176 Å². The summed E-state index contributed by atoms with van der Waals surface area (Å²) in [7, 11) is 0. The number of carbonyl (C=O) groups is 1. The van der Waals surface area contributed by atoms with E-state index in [9.17, 15) is 4.79 Å². The number of aryl methyl sites for hydroxylation is 1. The highest BCUT2D eigenvalue weighted by Gasteiger charge is 2.21. The van der Waals surface area contributed by atoms with Crippen LogP contribution in [-0.2, 0) is 4.79 Å². The fourth-order valence-electron chi connectivity index (χ4n) is 2.72.